The van der Waals surface area contributed by atoms with E-state index in [4.69, 9.17) is 0 Å². The smallest absolute Gasteiger partial charge is 0.191 e. The second-order valence-corrected chi connectivity index (χ2v) is 7.32. The van der Waals surface area contributed by atoms with Crippen LogP contribution in [0.25, 0.3) is 0 Å². The standard InChI is InChI=1S/C15H23N5S2.HI/c1-11-10-21-13(20-11)6-4-5-7-17-15(16-3)19-9-14-18-8-12(2)22-14;/h8,10H,4-7,9H2,1-3H3,(H2,16,17,19);1H. The van der Waals surface area contributed by atoms with Crippen LogP contribution < -0.4 is 10.6 Å². The second-order valence-electron chi connectivity index (χ2n) is 5.06. The first-order chi connectivity index (χ1) is 10.7. The van der Waals surface area contributed by atoms with Gasteiger partial charge in [-0.25, -0.2) is 9.97 Å². The molecule has 0 saturated heterocycles. The van der Waals surface area contributed by atoms with Gasteiger partial charge in [-0.2, -0.15) is 0 Å². The summed E-state index contributed by atoms with van der Waals surface area (Å²) in [6.45, 7) is 5.75. The molecule has 2 aromatic rings. The third kappa shape index (κ3) is 7.58. The molecule has 0 atom stereocenters. The van der Waals surface area contributed by atoms with Crippen LogP contribution in [-0.2, 0) is 13.0 Å². The molecule has 2 heterocycles. The third-order valence-corrected chi connectivity index (χ3v) is 5.02. The summed E-state index contributed by atoms with van der Waals surface area (Å²) in [6.07, 6.45) is 5.21. The predicted molar refractivity (Wildman–Crippen MR) is 110 cm³/mol. The molecule has 5 nitrogen and oxygen atoms in total. The van der Waals surface area contributed by atoms with Gasteiger partial charge in [-0.05, 0) is 33.1 Å². The van der Waals surface area contributed by atoms with E-state index < -0.39 is 0 Å². The van der Waals surface area contributed by atoms with E-state index in [1.807, 2.05) is 13.1 Å². The summed E-state index contributed by atoms with van der Waals surface area (Å²) in [6, 6.07) is 0. The summed E-state index contributed by atoms with van der Waals surface area (Å²) in [5.41, 5.74) is 1.13. The Morgan fingerprint density at radius 3 is 2.65 bits per heavy atom. The number of hydrogen-bond donors (Lipinski definition) is 2. The Morgan fingerprint density at radius 1 is 1.22 bits per heavy atom. The van der Waals surface area contributed by atoms with Gasteiger partial charge in [-0.15, -0.1) is 46.7 Å². The quantitative estimate of drug-likeness (QED) is 0.284. The minimum absolute atomic E-state index is 0. The molecule has 0 aliphatic heterocycles. The average molecular weight is 465 g/mol. The van der Waals surface area contributed by atoms with Gasteiger partial charge < -0.3 is 10.6 Å². The van der Waals surface area contributed by atoms with Crippen molar-refractivity contribution in [2.75, 3.05) is 13.6 Å². The summed E-state index contributed by atoms with van der Waals surface area (Å²) >= 11 is 3.46. The lowest BCUT2D eigenvalue weighted by Crippen LogP contribution is -2.37. The number of hydrogen-bond acceptors (Lipinski definition) is 5. The molecule has 0 aromatic carbocycles. The van der Waals surface area contributed by atoms with Crippen molar-refractivity contribution in [3.63, 3.8) is 0 Å². The van der Waals surface area contributed by atoms with Crippen molar-refractivity contribution in [3.05, 3.63) is 32.2 Å². The van der Waals surface area contributed by atoms with Crippen LogP contribution in [0.5, 0.6) is 0 Å². The summed E-state index contributed by atoms with van der Waals surface area (Å²) in [5, 5.41) is 11.1. The van der Waals surface area contributed by atoms with Crippen molar-refractivity contribution >= 4 is 52.6 Å². The number of halogens is 1. The summed E-state index contributed by atoms with van der Waals surface area (Å²) in [7, 11) is 1.79. The van der Waals surface area contributed by atoms with Gasteiger partial charge in [0.2, 0.25) is 0 Å². The van der Waals surface area contributed by atoms with Crippen molar-refractivity contribution < 1.29 is 0 Å². The maximum absolute atomic E-state index is 4.48. The van der Waals surface area contributed by atoms with Gasteiger partial charge in [-0.3, -0.25) is 4.99 Å². The molecule has 0 aliphatic carbocycles. The molecule has 128 valence electrons. The molecule has 0 saturated carbocycles. The zero-order valence-electron chi connectivity index (χ0n) is 13.8. The van der Waals surface area contributed by atoms with Crippen LogP contribution in [-0.4, -0.2) is 29.5 Å². The van der Waals surface area contributed by atoms with Crippen molar-refractivity contribution in [2.24, 2.45) is 4.99 Å². The van der Waals surface area contributed by atoms with Crippen LogP contribution in [0.4, 0.5) is 0 Å². The van der Waals surface area contributed by atoms with E-state index in [0.29, 0.717) is 0 Å². The Kier molecular flexibility index (Phi) is 9.65. The Hall–Kier alpha value is -0.740. The van der Waals surface area contributed by atoms with Crippen LogP contribution >= 0.6 is 46.7 Å². The monoisotopic (exact) mass is 465 g/mol. The lowest BCUT2D eigenvalue weighted by atomic mass is 10.2. The van der Waals surface area contributed by atoms with E-state index in [1.165, 1.54) is 9.88 Å². The molecular weight excluding hydrogens is 441 g/mol. The Bertz CT molecular complexity index is 609. The predicted octanol–water partition coefficient (Wildman–Crippen LogP) is 3.52. The molecular formula is C15H24IN5S2. The van der Waals surface area contributed by atoms with E-state index in [-0.39, 0.29) is 24.0 Å². The number of thiazole rings is 2. The number of aliphatic imine (C=N–C) groups is 1. The van der Waals surface area contributed by atoms with Crippen molar-refractivity contribution in [1.29, 1.82) is 0 Å². The van der Waals surface area contributed by atoms with Crippen LogP contribution in [0.2, 0.25) is 0 Å². The van der Waals surface area contributed by atoms with Crippen LogP contribution in [0.15, 0.2) is 16.6 Å². The van der Waals surface area contributed by atoms with Crippen LogP contribution in [0.3, 0.4) is 0 Å². The fourth-order valence-corrected chi connectivity index (χ4v) is 3.53. The van der Waals surface area contributed by atoms with E-state index in [9.17, 15) is 0 Å². The molecule has 23 heavy (non-hydrogen) atoms. The minimum Gasteiger partial charge on any atom is -0.356 e. The van der Waals surface area contributed by atoms with E-state index in [0.717, 1.165) is 49.0 Å². The summed E-state index contributed by atoms with van der Waals surface area (Å²) in [5.74, 6) is 0.831. The fraction of sp³-hybridized carbons (Fsp3) is 0.533. The fourth-order valence-electron chi connectivity index (χ4n) is 1.99. The number of unbranched alkanes of at least 4 members (excludes halogenated alkanes) is 1. The Balaban J connectivity index is 0.00000264. The number of aryl methyl sites for hydroxylation is 3. The third-order valence-electron chi connectivity index (χ3n) is 3.08. The van der Waals surface area contributed by atoms with Crippen molar-refractivity contribution in [1.82, 2.24) is 20.6 Å². The van der Waals surface area contributed by atoms with Gasteiger partial charge in [0.05, 0.1) is 11.6 Å². The molecule has 8 heteroatoms. The number of rotatable bonds is 7. The van der Waals surface area contributed by atoms with Gasteiger partial charge in [0.15, 0.2) is 5.96 Å². The SMILES string of the molecule is CN=C(NCCCCc1nc(C)cs1)NCc1ncc(C)s1.I. The van der Waals surface area contributed by atoms with Gasteiger partial charge in [0.1, 0.15) is 5.01 Å². The Labute approximate surface area is 163 Å². The maximum atomic E-state index is 4.48. The molecule has 2 aromatic heterocycles. The van der Waals surface area contributed by atoms with E-state index in [2.05, 4.69) is 37.9 Å². The second kappa shape index (κ2) is 10.9. The molecule has 0 aliphatic rings. The average Bonchev–Trinajstić information content (AvgIpc) is 3.10. The maximum Gasteiger partial charge on any atom is 0.191 e. The van der Waals surface area contributed by atoms with Gasteiger partial charge in [-0.1, -0.05) is 0 Å². The number of nitrogens with one attached hydrogen (secondary N) is 2. The van der Waals surface area contributed by atoms with Crippen LogP contribution in [0, 0.1) is 13.8 Å². The molecule has 0 fully saturated rings. The molecule has 0 radical (unpaired) electrons. The normalized spacial score (nSPS) is 11.2. The molecule has 0 amide bonds. The van der Waals surface area contributed by atoms with E-state index in [1.54, 1.807) is 29.7 Å². The highest BCUT2D eigenvalue weighted by atomic mass is 127. The molecule has 0 unspecified atom stereocenters. The number of nitrogens with zero attached hydrogens (tertiary/aromatic N) is 3. The molecule has 0 bridgehead atoms. The first-order valence-electron chi connectivity index (χ1n) is 7.44. The number of aromatic nitrogens is 2. The minimum atomic E-state index is 0. The van der Waals surface area contributed by atoms with Crippen molar-refractivity contribution in [3.8, 4) is 0 Å². The van der Waals surface area contributed by atoms with Gasteiger partial charge in [0.25, 0.3) is 0 Å². The first-order valence-corrected chi connectivity index (χ1v) is 9.14. The van der Waals surface area contributed by atoms with Crippen molar-refractivity contribution in [2.45, 2.75) is 39.7 Å². The highest BCUT2D eigenvalue weighted by Gasteiger charge is 2.02. The summed E-state index contributed by atoms with van der Waals surface area (Å²) in [4.78, 5) is 14.3. The van der Waals surface area contributed by atoms with E-state index >= 15 is 0 Å². The number of guanidine groups is 1. The molecule has 0 spiro atoms. The highest BCUT2D eigenvalue weighted by Crippen LogP contribution is 2.11. The zero-order chi connectivity index (χ0) is 15.8. The summed E-state index contributed by atoms with van der Waals surface area (Å²) < 4.78 is 0. The first kappa shape index (κ1) is 20.3. The van der Waals surface area contributed by atoms with Gasteiger partial charge in [0, 0.05) is 35.7 Å². The Morgan fingerprint density at radius 2 is 2.04 bits per heavy atom. The zero-order valence-corrected chi connectivity index (χ0v) is 17.7. The molecule has 2 rings (SSSR count). The lowest BCUT2D eigenvalue weighted by Gasteiger charge is -2.10. The lowest BCUT2D eigenvalue weighted by molar-refractivity contribution is 0.691. The van der Waals surface area contributed by atoms with Crippen LogP contribution in [0.1, 0.15) is 33.4 Å². The highest BCUT2D eigenvalue weighted by molar-refractivity contribution is 14.0. The molecule has 2 N–H and O–H groups in total. The largest absolute Gasteiger partial charge is 0.356 e. The topological polar surface area (TPSA) is 62.2 Å². The van der Waals surface area contributed by atoms with Gasteiger partial charge >= 0.3 is 0 Å².